The van der Waals surface area contributed by atoms with E-state index in [0.29, 0.717) is 6.54 Å². The number of carbonyl (C=O) groups excluding carboxylic acids is 2. The molecule has 1 aliphatic heterocycles. The van der Waals surface area contributed by atoms with E-state index in [1.807, 2.05) is 37.3 Å². The molecule has 1 aromatic carbocycles. The molecule has 160 valence electrons. The number of amides is 3. The van der Waals surface area contributed by atoms with Crippen LogP contribution in [0.4, 0.5) is 9.59 Å². The first-order valence-electron chi connectivity index (χ1n) is 9.79. The van der Waals surface area contributed by atoms with Gasteiger partial charge in [-0.15, -0.1) is 0 Å². The van der Waals surface area contributed by atoms with Gasteiger partial charge in [-0.2, -0.15) is 4.79 Å². The second kappa shape index (κ2) is 10.2. The van der Waals surface area contributed by atoms with E-state index in [4.69, 9.17) is 10.5 Å². The summed E-state index contributed by atoms with van der Waals surface area (Å²) in [5.41, 5.74) is 7.01. The molecule has 2 unspecified atom stereocenters. The van der Waals surface area contributed by atoms with Gasteiger partial charge >= 0.3 is 12.2 Å². The predicted octanol–water partition coefficient (Wildman–Crippen LogP) is 1.38. The van der Waals surface area contributed by atoms with Crippen molar-refractivity contribution in [2.75, 3.05) is 33.2 Å². The number of likely N-dealkylation sites (tertiary alicyclic amines) is 1. The fourth-order valence-electron chi connectivity index (χ4n) is 3.76. The molecule has 0 radical (unpaired) electrons. The largest absolute Gasteiger partial charge is 0.513 e. The van der Waals surface area contributed by atoms with Gasteiger partial charge in [-0.3, -0.25) is 4.79 Å². The Morgan fingerprint density at radius 1 is 1.34 bits per heavy atom. The Kier molecular flexibility index (Phi) is 7.98. The molecule has 3 amide bonds. The molecular formula is C20H31N4O5+. The lowest BCUT2D eigenvalue weighted by atomic mass is 10.2. The zero-order chi connectivity index (χ0) is 21.4. The molecule has 0 aromatic heterocycles. The average Bonchev–Trinajstić information content (AvgIpc) is 3.06. The van der Waals surface area contributed by atoms with Crippen molar-refractivity contribution < 1.29 is 28.7 Å². The summed E-state index contributed by atoms with van der Waals surface area (Å²) < 4.78 is 5.00. The minimum Gasteiger partial charge on any atom is -0.445 e. The van der Waals surface area contributed by atoms with Crippen LogP contribution in [0.1, 0.15) is 25.3 Å². The van der Waals surface area contributed by atoms with Crippen LogP contribution in [0, 0.1) is 0 Å². The van der Waals surface area contributed by atoms with E-state index in [9.17, 15) is 19.5 Å². The van der Waals surface area contributed by atoms with Crippen LogP contribution in [-0.4, -0.2) is 77.9 Å². The molecule has 9 nitrogen and oxygen atoms in total. The number of carbonyl (C=O) groups is 3. The summed E-state index contributed by atoms with van der Waals surface area (Å²) in [6, 6.07) is 8.75. The molecule has 0 bridgehead atoms. The number of nitrogens with zero attached hydrogens (tertiary/aromatic N) is 2. The van der Waals surface area contributed by atoms with E-state index in [1.54, 1.807) is 7.05 Å². The van der Waals surface area contributed by atoms with Gasteiger partial charge < -0.3 is 25.8 Å². The van der Waals surface area contributed by atoms with Crippen LogP contribution in [0.2, 0.25) is 0 Å². The first kappa shape index (κ1) is 22.6. The van der Waals surface area contributed by atoms with Crippen LogP contribution in [-0.2, 0) is 16.1 Å². The third kappa shape index (κ3) is 6.16. The van der Waals surface area contributed by atoms with Crippen LogP contribution >= 0.6 is 0 Å². The highest BCUT2D eigenvalue weighted by Crippen LogP contribution is 2.27. The standard InChI is InChI=1S/C20H30N4O5/c1-15-7-6-10-24(15,20(27)28)13-17(21)12-23(2)18(25)11-22-19(26)29-14-16-8-4-3-5-9-16/h3-5,8-9,15,17H,6-7,10-14,21H2,1-2H3,(H-,22,26,27,28)/p+1/t15-,17?,24?/m1/s1. The molecule has 1 saturated heterocycles. The fraction of sp³-hybridized carbons (Fsp3) is 0.550. The first-order valence-corrected chi connectivity index (χ1v) is 9.79. The van der Waals surface area contributed by atoms with Crippen molar-refractivity contribution >= 4 is 18.1 Å². The summed E-state index contributed by atoms with van der Waals surface area (Å²) >= 11 is 0. The monoisotopic (exact) mass is 407 g/mol. The van der Waals surface area contributed by atoms with Gasteiger partial charge in [0.25, 0.3) is 0 Å². The molecule has 1 fully saturated rings. The zero-order valence-corrected chi connectivity index (χ0v) is 17.0. The Bertz CT molecular complexity index is 714. The Balaban J connectivity index is 1.75. The molecule has 1 aliphatic rings. The topological polar surface area (TPSA) is 122 Å². The van der Waals surface area contributed by atoms with Gasteiger partial charge in [0.2, 0.25) is 5.91 Å². The SMILES string of the molecule is C[C@@H]1CCC[N+]1(CC(N)CN(C)C(=O)CNC(=O)OCc1ccccc1)C(=O)O. The molecule has 9 heteroatoms. The van der Waals surface area contributed by atoms with E-state index < -0.39 is 18.2 Å². The van der Waals surface area contributed by atoms with Crippen molar-refractivity contribution in [3.8, 4) is 0 Å². The lowest BCUT2D eigenvalue weighted by Gasteiger charge is -2.35. The number of nitrogens with two attached hydrogens (primary N) is 1. The molecule has 1 aromatic rings. The first-order chi connectivity index (χ1) is 13.7. The Labute approximate surface area is 171 Å². The average molecular weight is 407 g/mol. The molecule has 1 heterocycles. The van der Waals surface area contributed by atoms with Crippen LogP contribution in [0.15, 0.2) is 30.3 Å². The molecule has 29 heavy (non-hydrogen) atoms. The van der Waals surface area contributed by atoms with Crippen LogP contribution < -0.4 is 11.1 Å². The number of hydrogen-bond donors (Lipinski definition) is 3. The summed E-state index contributed by atoms with van der Waals surface area (Å²) in [5.74, 6) is -0.326. The Morgan fingerprint density at radius 3 is 2.62 bits per heavy atom. The highest BCUT2D eigenvalue weighted by molar-refractivity contribution is 5.82. The van der Waals surface area contributed by atoms with Crippen molar-refractivity contribution in [2.45, 2.75) is 38.5 Å². The number of benzene rings is 1. The number of alkyl carbamates (subject to hydrolysis) is 1. The molecule has 3 atom stereocenters. The predicted molar refractivity (Wildman–Crippen MR) is 107 cm³/mol. The van der Waals surface area contributed by atoms with Gasteiger partial charge in [-0.1, -0.05) is 30.3 Å². The smallest absolute Gasteiger partial charge is 0.445 e. The van der Waals surface area contributed by atoms with E-state index >= 15 is 0 Å². The van der Waals surface area contributed by atoms with Gasteiger partial charge in [-0.25, -0.2) is 9.28 Å². The maximum absolute atomic E-state index is 12.3. The number of likely N-dealkylation sites (N-methyl/N-ethyl adjacent to an activating group) is 1. The van der Waals surface area contributed by atoms with Gasteiger partial charge in [0.15, 0.2) is 0 Å². The summed E-state index contributed by atoms with van der Waals surface area (Å²) in [4.78, 5) is 37.2. The minimum atomic E-state index is -0.873. The fourth-order valence-corrected chi connectivity index (χ4v) is 3.76. The summed E-state index contributed by atoms with van der Waals surface area (Å²) in [6.07, 6.45) is 0.149. The third-order valence-electron chi connectivity index (χ3n) is 5.49. The number of ether oxygens (including phenoxy) is 1. The maximum atomic E-state index is 12.3. The van der Waals surface area contributed by atoms with Gasteiger partial charge in [0, 0.05) is 26.4 Å². The molecule has 0 spiro atoms. The van der Waals surface area contributed by atoms with E-state index in [-0.39, 0.29) is 42.7 Å². The molecule has 0 aliphatic carbocycles. The lowest BCUT2D eigenvalue weighted by Crippen LogP contribution is -2.61. The van der Waals surface area contributed by atoms with Gasteiger partial charge in [-0.05, 0) is 12.5 Å². The van der Waals surface area contributed by atoms with E-state index in [1.165, 1.54) is 4.90 Å². The second-order valence-electron chi connectivity index (χ2n) is 7.66. The van der Waals surface area contributed by atoms with Crippen molar-refractivity contribution in [1.29, 1.82) is 0 Å². The molecule has 4 N–H and O–H groups in total. The lowest BCUT2D eigenvalue weighted by molar-refractivity contribution is -0.868. The van der Waals surface area contributed by atoms with Gasteiger partial charge in [0.05, 0.1) is 18.6 Å². The molecule has 2 rings (SSSR count). The maximum Gasteiger partial charge on any atom is 0.513 e. The number of quaternary nitrogens is 1. The number of hydrogen-bond acceptors (Lipinski definition) is 5. The molecular weight excluding hydrogens is 376 g/mol. The highest BCUT2D eigenvalue weighted by Gasteiger charge is 2.47. The third-order valence-corrected chi connectivity index (χ3v) is 5.49. The minimum absolute atomic E-state index is 0.000564. The second-order valence-corrected chi connectivity index (χ2v) is 7.66. The van der Waals surface area contributed by atoms with Crippen molar-refractivity contribution in [3.05, 3.63) is 35.9 Å². The zero-order valence-electron chi connectivity index (χ0n) is 17.0. The van der Waals surface area contributed by atoms with Crippen molar-refractivity contribution in [2.24, 2.45) is 5.73 Å². The summed E-state index contributed by atoms with van der Waals surface area (Å²) in [7, 11) is 1.58. The molecule has 0 saturated carbocycles. The normalized spacial score (nSPS) is 22.0. The highest BCUT2D eigenvalue weighted by atomic mass is 16.5. The van der Waals surface area contributed by atoms with Gasteiger partial charge in [0.1, 0.15) is 19.7 Å². The van der Waals surface area contributed by atoms with Crippen LogP contribution in [0.3, 0.4) is 0 Å². The quantitative estimate of drug-likeness (QED) is 0.560. The van der Waals surface area contributed by atoms with E-state index in [2.05, 4.69) is 5.32 Å². The Morgan fingerprint density at radius 2 is 2.03 bits per heavy atom. The van der Waals surface area contributed by atoms with Crippen molar-refractivity contribution in [3.63, 3.8) is 0 Å². The number of rotatable bonds is 8. The van der Waals surface area contributed by atoms with Crippen LogP contribution in [0.5, 0.6) is 0 Å². The van der Waals surface area contributed by atoms with Crippen molar-refractivity contribution in [1.82, 2.24) is 10.2 Å². The summed E-state index contributed by atoms with van der Waals surface area (Å²) in [5, 5.41) is 12.1. The summed E-state index contributed by atoms with van der Waals surface area (Å²) in [6.45, 7) is 2.85. The van der Waals surface area contributed by atoms with E-state index in [0.717, 1.165) is 18.4 Å². The number of carboxylic acid groups (broad SMARTS) is 1. The number of nitrogens with one attached hydrogen (secondary N) is 1. The Hall–Kier alpha value is -2.65. The van der Waals surface area contributed by atoms with Crippen LogP contribution in [0.25, 0.3) is 0 Å².